The fourth-order valence-corrected chi connectivity index (χ4v) is 2.84. The Morgan fingerprint density at radius 1 is 1.33 bits per heavy atom. The van der Waals surface area contributed by atoms with Crippen molar-refractivity contribution in [3.63, 3.8) is 0 Å². The maximum atomic E-state index is 11.8. The van der Waals surface area contributed by atoms with Crippen molar-refractivity contribution in [2.75, 3.05) is 19.4 Å². The molecular formula is C14H22NO2P. The van der Waals surface area contributed by atoms with Gasteiger partial charge in [-0.25, -0.2) is 0 Å². The van der Waals surface area contributed by atoms with Crippen LogP contribution in [0.25, 0.3) is 0 Å². The Hall–Kier alpha value is -0.920. The van der Waals surface area contributed by atoms with Crippen molar-refractivity contribution >= 4 is 13.6 Å². The molecule has 0 saturated heterocycles. The predicted molar refractivity (Wildman–Crippen MR) is 78.0 cm³/mol. The van der Waals surface area contributed by atoms with E-state index in [1.54, 1.807) is 6.66 Å². The van der Waals surface area contributed by atoms with Gasteiger partial charge in [0.2, 0.25) is 7.37 Å². The first-order valence-electron chi connectivity index (χ1n) is 6.28. The van der Waals surface area contributed by atoms with Gasteiger partial charge in [-0.3, -0.25) is 9.56 Å². The Kier molecular flexibility index (Phi) is 6.31. The van der Waals surface area contributed by atoms with Crippen LogP contribution >= 0.6 is 7.37 Å². The molecule has 0 heterocycles. The molecule has 100 valence electrons. The van der Waals surface area contributed by atoms with Gasteiger partial charge in [0.25, 0.3) is 0 Å². The molecule has 1 atom stereocenters. The topological polar surface area (TPSA) is 38.7 Å². The molecule has 0 radical (unpaired) electrons. The zero-order chi connectivity index (χ0) is 13.4. The van der Waals surface area contributed by atoms with Crippen molar-refractivity contribution in [3.05, 3.63) is 35.4 Å². The van der Waals surface area contributed by atoms with E-state index in [9.17, 15) is 4.57 Å². The van der Waals surface area contributed by atoms with Crippen LogP contribution in [0, 0.1) is 6.92 Å². The number of rotatable bonds is 7. The lowest BCUT2D eigenvalue weighted by molar-refractivity contribution is 0.337. The molecule has 0 aliphatic rings. The molecule has 0 aliphatic heterocycles. The minimum atomic E-state index is -2.40. The van der Waals surface area contributed by atoms with Gasteiger partial charge in [0.15, 0.2) is 0 Å². The first-order chi connectivity index (χ1) is 8.53. The Morgan fingerprint density at radius 3 is 2.61 bits per heavy atom. The molecule has 0 aliphatic carbocycles. The number of nitrogens with zero attached hydrogens (tertiary/aromatic N) is 1. The van der Waals surface area contributed by atoms with E-state index in [1.165, 1.54) is 11.1 Å². The van der Waals surface area contributed by atoms with Crippen molar-refractivity contribution in [1.82, 2.24) is 0 Å². The van der Waals surface area contributed by atoms with Crippen LogP contribution in [-0.4, -0.2) is 25.6 Å². The minimum Gasteiger partial charge on any atom is -0.329 e. The van der Waals surface area contributed by atoms with Gasteiger partial charge in [0, 0.05) is 12.8 Å². The Balaban J connectivity index is 2.30. The van der Waals surface area contributed by atoms with Gasteiger partial charge in [-0.1, -0.05) is 29.8 Å². The first-order valence-corrected chi connectivity index (χ1v) is 8.54. The molecule has 18 heavy (non-hydrogen) atoms. The lowest BCUT2D eigenvalue weighted by Crippen LogP contribution is -1.94. The van der Waals surface area contributed by atoms with Crippen LogP contribution in [-0.2, 0) is 15.6 Å². The third-order valence-corrected chi connectivity index (χ3v) is 4.47. The summed E-state index contributed by atoms with van der Waals surface area (Å²) >= 11 is 0. The highest BCUT2D eigenvalue weighted by Gasteiger charge is 2.12. The smallest absolute Gasteiger partial charge is 0.200 e. The standard InChI is InChI=1S/C14H22NO2P/c1-4-17-18(3,16)11-5-10-15-12-14-8-6-13(2)7-9-14/h6-10H,4-5,11-12H2,1-3H3. The second kappa shape index (κ2) is 7.50. The number of hydrogen-bond donors (Lipinski definition) is 0. The first kappa shape index (κ1) is 15.1. The lowest BCUT2D eigenvalue weighted by atomic mass is 10.1. The lowest BCUT2D eigenvalue weighted by Gasteiger charge is -2.10. The molecule has 4 heteroatoms. The van der Waals surface area contributed by atoms with E-state index in [2.05, 4.69) is 36.2 Å². The molecule has 1 aromatic rings. The summed E-state index contributed by atoms with van der Waals surface area (Å²) in [7, 11) is -2.40. The molecule has 0 aromatic heterocycles. The molecule has 0 bridgehead atoms. The van der Waals surface area contributed by atoms with Crippen molar-refractivity contribution in [3.8, 4) is 0 Å². The van der Waals surface area contributed by atoms with E-state index in [1.807, 2.05) is 13.1 Å². The summed E-state index contributed by atoms with van der Waals surface area (Å²) in [6.07, 6.45) is 3.12. The van der Waals surface area contributed by atoms with E-state index in [-0.39, 0.29) is 0 Å². The number of hydrogen-bond acceptors (Lipinski definition) is 3. The molecular weight excluding hydrogens is 245 g/mol. The molecule has 3 nitrogen and oxygen atoms in total. The quantitative estimate of drug-likeness (QED) is 0.555. The van der Waals surface area contributed by atoms with E-state index in [4.69, 9.17) is 4.52 Å². The highest BCUT2D eigenvalue weighted by Crippen LogP contribution is 2.42. The highest BCUT2D eigenvalue weighted by atomic mass is 31.2. The third-order valence-electron chi connectivity index (χ3n) is 2.59. The van der Waals surface area contributed by atoms with Crippen molar-refractivity contribution in [2.24, 2.45) is 4.99 Å². The van der Waals surface area contributed by atoms with Gasteiger partial charge in [0.05, 0.1) is 13.2 Å². The maximum absolute atomic E-state index is 11.8. The fourth-order valence-electron chi connectivity index (χ4n) is 1.58. The molecule has 0 N–H and O–H groups in total. The third kappa shape index (κ3) is 6.13. The van der Waals surface area contributed by atoms with Crippen LogP contribution in [0.1, 0.15) is 24.5 Å². The molecule has 1 rings (SSSR count). The molecule has 0 saturated carbocycles. The molecule has 0 spiro atoms. The summed E-state index contributed by atoms with van der Waals surface area (Å²) < 4.78 is 17.0. The monoisotopic (exact) mass is 267 g/mol. The Bertz CT molecular complexity index is 426. The Labute approximate surface area is 110 Å². The van der Waals surface area contributed by atoms with Crippen LogP contribution in [0.2, 0.25) is 0 Å². The predicted octanol–water partition coefficient (Wildman–Crippen LogP) is 3.90. The van der Waals surface area contributed by atoms with Crippen LogP contribution in [0.4, 0.5) is 0 Å². The summed E-state index contributed by atoms with van der Waals surface area (Å²) in [4.78, 5) is 4.33. The normalized spacial score (nSPS) is 14.8. The number of aliphatic imine (C=N–C) groups is 1. The van der Waals surface area contributed by atoms with Gasteiger partial charge in [0.1, 0.15) is 0 Å². The second-order valence-corrected chi connectivity index (χ2v) is 7.19. The zero-order valence-electron chi connectivity index (χ0n) is 11.4. The molecule has 1 aromatic carbocycles. The molecule has 1 unspecified atom stereocenters. The van der Waals surface area contributed by atoms with E-state index < -0.39 is 7.37 Å². The summed E-state index contributed by atoms with van der Waals surface area (Å²) in [6, 6.07) is 8.33. The van der Waals surface area contributed by atoms with E-state index >= 15 is 0 Å². The van der Waals surface area contributed by atoms with E-state index in [0.717, 1.165) is 0 Å². The SMILES string of the molecule is CCOP(C)(=O)CCC=NCc1ccc(C)cc1. The zero-order valence-corrected chi connectivity index (χ0v) is 12.3. The highest BCUT2D eigenvalue weighted by molar-refractivity contribution is 7.58. The van der Waals surface area contributed by atoms with Crippen LogP contribution in [0.15, 0.2) is 29.3 Å². The van der Waals surface area contributed by atoms with Gasteiger partial charge in [-0.05, 0) is 32.0 Å². The maximum Gasteiger partial charge on any atom is 0.200 e. The largest absolute Gasteiger partial charge is 0.329 e. The average molecular weight is 267 g/mol. The number of aryl methyl sites for hydroxylation is 1. The molecule has 0 amide bonds. The van der Waals surface area contributed by atoms with Gasteiger partial charge < -0.3 is 4.52 Å². The van der Waals surface area contributed by atoms with Crippen molar-refractivity contribution in [2.45, 2.75) is 26.8 Å². The summed E-state index contributed by atoms with van der Waals surface area (Å²) in [5.74, 6) is 0. The average Bonchev–Trinajstić information content (AvgIpc) is 2.31. The summed E-state index contributed by atoms with van der Waals surface area (Å²) in [5.41, 5.74) is 2.45. The van der Waals surface area contributed by atoms with Gasteiger partial charge in [-0.15, -0.1) is 0 Å². The van der Waals surface area contributed by atoms with E-state index in [0.29, 0.717) is 25.7 Å². The van der Waals surface area contributed by atoms with Gasteiger partial charge >= 0.3 is 0 Å². The number of benzene rings is 1. The van der Waals surface area contributed by atoms with Crippen LogP contribution in [0.3, 0.4) is 0 Å². The molecule has 0 fully saturated rings. The van der Waals surface area contributed by atoms with Crippen molar-refractivity contribution in [1.29, 1.82) is 0 Å². The summed E-state index contributed by atoms with van der Waals surface area (Å²) in [6.45, 7) is 6.81. The van der Waals surface area contributed by atoms with Crippen molar-refractivity contribution < 1.29 is 9.09 Å². The fraction of sp³-hybridized carbons (Fsp3) is 0.500. The van der Waals surface area contributed by atoms with Crippen LogP contribution < -0.4 is 0 Å². The minimum absolute atomic E-state index is 0.508. The van der Waals surface area contributed by atoms with Crippen LogP contribution in [0.5, 0.6) is 0 Å². The Morgan fingerprint density at radius 2 is 2.00 bits per heavy atom. The second-order valence-electron chi connectivity index (χ2n) is 4.45. The summed E-state index contributed by atoms with van der Waals surface area (Å²) in [5, 5.41) is 0. The van der Waals surface area contributed by atoms with Gasteiger partial charge in [-0.2, -0.15) is 0 Å².